The summed E-state index contributed by atoms with van der Waals surface area (Å²) >= 11 is 0. The van der Waals surface area contributed by atoms with Crippen molar-refractivity contribution in [2.24, 2.45) is 5.92 Å². The van der Waals surface area contributed by atoms with Crippen molar-refractivity contribution >= 4 is 6.29 Å². The first kappa shape index (κ1) is 15.6. The van der Waals surface area contributed by atoms with Crippen LogP contribution in [-0.4, -0.2) is 23.8 Å². The second kappa shape index (κ2) is 6.16. The summed E-state index contributed by atoms with van der Waals surface area (Å²) in [4.78, 5) is 11.2. The summed E-state index contributed by atoms with van der Waals surface area (Å²) in [6, 6.07) is 0. The first-order valence-corrected chi connectivity index (χ1v) is 7.11. The molecule has 0 aliphatic carbocycles. The van der Waals surface area contributed by atoms with Gasteiger partial charge in [-0.05, 0) is 47.0 Å². The normalized spacial score (nSPS) is 30.7. The summed E-state index contributed by atoms with van der Waals surface area (Å²) in [6.45, 7) is 10.3. The van der Waals surface area contributed by atoms with E-state index in [1.165, 1.54) is 12.8 Å². The fourth-order valence-electron chi connectivity index (χ4n) is 2.52. The van der Waals surface area contributed by atoms with E-state index in [1.54, 1.807) is 0 Å². The number of carbonyl (C=O) groups excluding carboxylic acids is 1. The van der Waals surface area contributed by atoms with E-state index in [0.717, 1.165) is 19.1 Å². The summed E-state index contributed by atoms with van der Waals surface area (Å²) in [5.41, 5.74) is -0.734. The quantitative estimate of drug-likeness (QED) is 0.556. The highest BCUT2D eigenvalue weighted by Crippen LogP contribution is 2.37. The molecule has 0 aromatic carbocycles. The average Bonchev–Trinajstić information content (AvgIpc) is 2.32. The van der Waals surface area contributed by atoms with Crippen molar-refractivity contribution < 1.29 is 14.3 Å². The number of hydrogen-bond acceptors (Lipinski definition) is 3. The molecular formula is C15H28O3. The monoisotopic (exact) mass is 256 g/mol. The van der Waals surface area contributed by atoms with Crippen LogP contribution in [0.5, 0.6) is 0 Å². The molecule has 0 aromatic heterocycles. The highest BCUT2D eigenvalue weighted by molar-refractivity contribution is 5.55. The van der Waals surface area contributed by atoms with Crippen LogP contribution in [0.1, 0.15) is 66.7 Å². The molecule has 1 rings (SSSR count). The van der Waals surface area contributed by atoms with Gasteiger partial charge in [-0.15, -0.1) is 0 Å². The topological polar surface area (TPSA) is 35.5 Å². The van der Waals surface area contributed by atoms with Gasteiger partial charge in [0.1, 0.15) is 6.29 Å². The Morgan fingerprint density at radius 3 is 2.39 bits per heavy atom. The van der Waals surface area contributed by atoms with Crippen LogP contribution in [0.25, 0.3) is 0 Å². The van der Waals surface area contributed by atoms with Crippen molar-refractivity contribution in [3.05, 3.63) is 0 Å². The Labute approximate surface area is 111 Å². The van der Waals surface area contributed by atoms with Crippen molar-refractivity contribution in [2.45, 2.75) is 84.2 Å². The van der Waals surface area contributed by atoms with Gasteiger partial charge in [-0.2, -0.15) is 0 Å². The fraction of sp³-hybridized carbons (Fsp3) is 0.933. The van der Waals surface area contributed by atoms with E-state index in [4.69, 9.17) is 9.47 Å². The van der Waals surface area contributed by atoms with Crippen LogP contribution < -0.4 is 0 Å². The second-order valence-corrected chi connectivity index (χ2v) is 6.47. The summed E-state index contributed by atoms with van der Waals surface area (Å²) in [6.07, 6.45) is 5.95. The molecule has 1 fully saturated rings. The lowest BCUT2D eigenvalue weighted by Gasteiger charge is -2.30. The molecule has 0 aromatic rings. The minimum atomic E-state index is -0.438. The van der Waals surface area contributed by atoms with E-state index in [0.29, 0.717) is 6.42 Å². The molecule has 0 spiro atoms. The number of rotatable bonds is 5. The maximum atomic E-state index is 11.2. The zero-order valence-corrected chi connectivity index (χ0v) is 12.5. The number of unbranched alkanes of at least 4 members (excludes halogenated alkanes) is 2. The smallest absolute Gasteiger partial charge is 0.159 e. The Hall–Kier alpha value is -0.410. The predicted octanol–water partition coefficient (Wildman–Crippen LogP) is 3.70. The highest BCUT2D eigenvalue weighted by atomic mass is 16.7. The van der Waals surface area contributed by atoms with E-state index in [1.807, 2.05) is 27.7 Å². The van der Waals surface area contributed by atoms with Crippen LogP contribution in [0.4, 0.5) is 0 Å². The third-order valence-electron chi connectivity index (χ3n) is 3.70. The van der Waals surface area contributed by atoms with Crippen molar-refractivity contribution in [1.29, 1.82) is 0 Å². The van der Waals surface area contributed by atoms with Crippen LogP contribution in [-0.2, 0) is 14.3 Å². The third kappa shape index (κ3) is 4.36. The number of hydrogen-bond donors (Lipinski definition) is 0. The molecule has 3 heteroatoms. The molecule has 0 N–H and O–H groups in total. The van der Waals surface area contributed by atoms with Crippen LogP contribution in [0, 0.1) is 5.92 Å². The van der Waals surface area contributed by atoms with Gasteiger partial charge >= 0.3 is 0 Å². The zero-order chi connectivity index (χ0) is 13.8. The Morgan fingerprint density at radius 1 is 1.17 bits per heavy atom. The number of carbonyl (C=O) groups is 1. The molecule has 3 nitrogen and oxygen atoms in total. The van der Waals surface area contributed by atoms with Gasteiger partial charge in [0.05, 0.1) is 11.2 Å². The zero-order valence-electron chi connectivity index (χ0n) is 12.5. The van der Waals surface area contributed by atoms with E-state index in [-0.39, 0.29) is 17.8 Å². The largest absolute Gasteiger partial charge is 0.347 e. The minimum Gasteiger partial charge on any atom is -0.347 e. The molecule has 2 unspecified atom stereocenters. The van der Waals surface area contributed by atoms with Crippen LogP contribution in [0.3, 0.4) is 0 Å². The molecule has 0 amide bonds. The van der Waals surface area contributed by atoms with Crippen LogP contribution in [0.2, 0.25) is 0 Å². The van der Waals surface area contributed by atoms with Gasteiger partial charge < -0.3 is 14.3 Å². The van der Waals surface area contributed by atoms with E-state index >= 15 is 0 Å². The van der Waals surface area contributed by atoms with Gasteiger partial charge in [-0.1, -0.05) is 19.8 Å². The standard InChI is InChI=1S/C15H28O3/c1-6-7-8-9-13-17-14(2,3)10-12(11-16)15(4,5)18-13/h11-13H,6-10H2,1-5H3. The van der Waals surface area contributed by atoms with Crippen molar-refractivity contribution in [1.82, 2.24) is 0 Å². The molecule has 18 heavy (non-hydrogen) atoms. The molecule has 0 saturated carbocycles. The summed E-state index contributed by atoms with van der Waals surface area (Å²) in [5, 5.41) is 0. The van der Waals surface area contributed by atoms with Crippen molar-refractivity contribution in [3.8, 4) is 0 Å². The molecule has 1 heterocycles. The van der Waals surface area contributed by atoms with Gasteiger partial charge in [0, 0.05) is 5.92 Å². The molecule has 0 bridgehead atoms. The number of ether oxygens (including phenoxy) is 2. The van der Waals surface area contributed by atoms with Gasteiger partial charge in [0.15, 0.2) is 6.29 Å². The Balaban J connectivity index is 2.73. The lowest BCUT2D eigenvalue weighted by Crippen LogP contribution is -2.37. The maximum absolute atomic E-state index is 11.2. The Morgan fingerprint density at radius 2 is 1.83 bits per heavy atom. The van der Waals surface area contributed by atoms with E-state index in [2.05, 4.69) is 6.92 Å². The minimum absolute atomic E-state index is 0.108. The van der Waals surface area contributed by atoms with Crippen molar-refractivity contribution in [3.63, 3.8) is 0 Å². The maximum Gasteiger partial charge on any atom is 0.159 e. The molecule has 106 valence electrons. The Bertz CT molecular complexity index is 271. The average molecular weight is 256 g/mol. The highest BCUT2D eigenvalue weighted by Gasteiger charge is 2.42. The second-order valence-electron chi connectivity index (χ2n) is 6.47. The molecule has 1 saturated heterocycles. The van der Waals surface area contributed by atoms with Gasteiger partial charge in [0.2, 0.25) is 0 Å². The van der Waals surface area contributed by atoms with E-state index < -0.39 is 5.60 Å². The van der Waals surface area contributed by atoms with Crippen LogP contribution >= 0.6 is 0 Å². The van der Waals surface area contributed by atoms with Crippen LogP contribution in [0.15, 0.2) is 0 Å². The molecule has 2 atom stereocenters. The first-order valence-electron chi connectivity index (χ1n) is 7.11. The van der Waals surface area contributed by atoms with Gasteiger partial charge in [-0.25, -0.2) is 0 Å². The van der Waals surface area contributed by atoms with E-state index in [9.17, 15) is 4.79 Å². The summed E-state index contributed by atoms with van der Waals surface area (Å²) < 4.78 is 12.1. The van der Waals surface area contributed by atoms with Crippen molar-refractivity contribution in [2.75, 3.05) is 0 Å². The van der Waals surface area contributed by atoms with Gasteiger partial charge in [-0.3, -0.25) is 0 Å². The molecular weight excluding hydrogens is 228 g/mol. The molecule has 1 aliphatic heterocycles. The lowest BCUT2D eigenvalue weighted by molar-refractivity contribution is -0.224. The Kier molecular flexibility index (Phi) is 5.35. The van der Waals surface area contributed by atoms with Gasteiger partial charge in [0.25, 0.3) is 0 Å². The summed E-state index contributed by atoms with van der Waals surface area (Å²) in [5.74, 6) is -0.108. The third-order valence-corrected chi connectivity index (χ3v) is 3.70. The lowest BCUT2D eigenvalue weighted by atomic mass is 9.83. The molecule has 1 aliphatic rings. The predicted molar refractivity (Wildman–Crippen MR) is 72.4 cm³/mol. The SMILES string of the molecule is CCCCCC1OC(C)(C)CC(C=O)C(C)(C)O1. The number of aldehydes is 1. The molecule has 0 radical (unpaired) electrons. The first-order chi connectivity index (χ1) is 8.30. The fourth-order valence-corrected chi connectivity index (χ4v) is 2.52. The summed E-state index contributed by atoms with van der Waals surface area (Å²) in [7, 11) is 0.